The number of rotatable bonds is 8. The van der Waals surface area contributed by atoms with Crippen molar-refractivity contribution in [2.45, 2.75) is 25.6 Å². The highest BCUT2D eigenvalue weighted by atomic mass is 79.9. The molecule has 1 aliphatic heterocycles. The number of carbonyl (C=O) groups is 1. The lowest BCUT2D eigenvalue weighted by Gasteiger charge is -2.27. The minimum atomic E-state index is -0.113. The van der Waals surface area contributed by atoms with Gasteiger partial charge in [-0.05, 0) is 62.5 Å². The number of fused-ring (bicyclic) bond motifs is 1. The summed E-state index contributed by atoms with van der Waals surface area (Å²) in [6.45, 7) is 1.03. The Morgan fingerprint density at radius 1 is 0.973 bits per heavy atom. The predicted molar refractivity (Wildman–Crippen MR) is 152 cm³/mol. The molecule has 4 aromatic rings. The molecule has 0 saturated carbocycles. The standard InChI is InChI=1S/C28H24BrCl2N5O/c29-23-17-34-36-26(14-25(35-28(23)36)22-9-1-2-10-24(22)31)32-15-19-6-3-7-20(11-19)16-33-27(37)13-18-5-4-8-21(30)12-18/h1-12,14,17,25,32,35H,13,15-16H2,(H,33,37). The number of amides is 1. The zero-order chi connectivity index (χ0) is 25.8. The van der Waals surface area contributed by atoms with Crippen LogP contribution in [-0.4, -0.2) is 15.7 Å². The largest absolute Gasteiger partial charge is 0.366 e. The fraction of sp³-hybridized carbons (Fsp3) is 0.143. The van der Waals surface area contributed by atoms with Crippen LogP contribution in [0.15, 0.2) is 89.5 Å². The van der Waals surface area contributed by atoms with Gasteiger partial charge in [-0.1, -0.05) is 77.8 Å². The summed E-state index contributed by atoms with van der Waals surface area (Å²) >= 11 is 16.1. The highest BCUT2D eigenvalue weighted by molar-refractivity contribution is 9.10. The molecule has 0 radical (unpaired) electrons. The first-order valence-electron chi connectivity index (χ1n) is 11.8. The minimum Gasteiger partial charge on any atom is -0.366 e. The molecule has 2 heterocycles. The van der Waals surface area contributed by atoms with Crippen molar-refractivity contribution in [3.05, 3.63) is 122 Å². The van der Waals surface area contributed by atoms with E-state index in [1.54, 1.807) is 12.3 Å². The third kappa shape index (κ3) is 6.18. The molecular weight excluding hydrogens is 573 g/mol. The van der Waals surface area contributed by atoms with Crippen LogP contribution in [0.3, 0.4) is 0 Å². The van der Waals surface area contributed by atoms with Gasteiger partial charge in [0.25, 0.3) is 0 Å². The van der Waals surface area contributed by atoms with Gasteiger partial charge in [0, 0.05) is 23.1 Å². The van der Waals surface area contributed by atoms with E-state index in [1.165, 1.54) is 0 Å². The van der Waals surface area contributed by atoms with Crippen LogP contribution in [0.2, 0.25) is 10.0 Å². The lowest BCUT2D eigenvalue weighted by atomic mass is 10.1. The monoisotopic (exact) mass is 595 g/mol. The summed E-state index contributed by atoms with van der Waals surface area (Å²) in [5.74, 6) is 1.66. The molecule has 1 amide bonds. The van der Waals surface area contributed by atoms with Gasteiger partial charge < -0.3 is 16.0 Å². The summed E-state index contributed by atoms with van der Waals surface area (Å²) in [4.78, 5) is 12.4. The quantitative estimate of drug-likeness (QED) is 0.215. The number of hydrogen-bond donors (Lipinski definition) is 3. The predicted octanol–water partition coefficient (Wildman–Crippen LogP) is 6.57. The number of hydrogen-bond acceptors (Lipinski definition) is 4. The molecule has 37 heavy (non-hydrogen) atoms. The van der Waals surface area contributed by atoms with Crippen molar-refractivity contribution >= 4 is 56.7 Å². The van der Waals surface area contributed by atoms with E-state index in [0.717, 1.165) is 38.4 Å². The van der Waals surface area contributed by atoms with Gasteiger partial charge in [-0.15, -0.1) is 0 Å². The SMILES string of the molecule is O=C(Cc1cccc(Cl)c1)NCc1cccc(CNC2=CC(c3ccccc3Cl)Nc3c(Br)cnn32)c1. The molecular formula is C28H24BrCl2N5O. The topological polar surface area (TPSA) is 71.0 Å². The van der Waals surface area contributed by atoms with Gasteiger partial charge in [-0.3, -0.25) is 4.79 Å². The van der Waals surface area contributed by atoms with Crippen LogP contribution in [-0.2, 0) is 24.3 Å². The van der Waals surface area contributed by atoms with Crippen molar-refractivity contribution in [1.29, 1.82) is 0 Å². The molecule has 5 rings (SSSR count). The molecule has 9 heteroatoms. The average molecular weight is 597 g/mol. The second-order valence-electron chi connectivity index (χ2n) is 8.71. The zero-order valence-corrected chi connectivity index (χ0v) is 22.8. The van der Waals surface area contributed by atoms with Crippen molar-refractivity contribution in [3.8, 4) is 0 Å². The van der Waals surface area contributed by atoms with Crippen LogP contribution in [0.4, 0.5) is 5.82 Å². The molecule has 0 fully saturated rings. The van der Waals surface area contributed by atoms with Crippen molar-refractivity contribution in [1.82, 2.24) is 20.4 Å². The Kier molecular flexibility index (Phi) is 7.84. The molecule has 1 aromatic heterocycles. The van der Waals surface area contributed by atoms with Crippen molar-refractivity contribution in [3.63, 3.8) is 0 Å². The Balaban J connectivity index is 1.25. The Morgan fingerprint density at radius 2 is 1.73 bits per heavy atom. The molecule has 1 atom stereocenters. The molecule has 0 saturated heterocycles. The van der Waals surface area contributed by atoms with E-state index in [4.69, 9.17) is 23.2 Å². The fourth-order valence-corrected chi connectivity index (χ4v) is 5.07. The maximum Gasteiger partial charge on any atom is 0.224 e. The summed E-state index contributed by atoms with van der Waals surface area (Å²) in [5, 5.41) is 15.8. The molecule has 3 N–H and O–H groups in total. The fourth-order valence-electron chi connectivity index (χ4n) is 4.22. The number of halogens is 3. The van der Waals surface area contributed by atoms with Crippen LogP contribution < -0.4 is 16.0 Å². The molecule has 6 nitrogen and oxygen atoms in total. The molecule has 1 aliphatic rings. The smallest absolute Gasteiger partial charge is 0.224 e. The van der Waals surface area contributed by atoms with E-state index in [2.05, 4.69) is 55.2 Å². The first-order valence-corrected chi connectivity index (χ1v) is 13.3. The number of aromatic nitrogens is 2. The van der Waals surface area contributed by atoms with Crippen LogP contribution >= 0.6 is 39.1 Å². The van der Waals surface area contributed by atoms with E-state index >= 15 is 0 Å². The lowest BCUT2D eigenvalue weighted by molar-refractivity contribution is -0.120. The third-order valence-electron chi connectivity index (χ3n) is 6.02. The Hall–Kier alpha value is -3.26. The molecule has 1 unspecified atom stereocenters. The van der Waals surface area contributed by atoms with Crippen molar-refractivity contribution in [2.75, 3.05) is 5.32 Å². The van der Waals surface area contributed by atoms with Gasteiger partial charge in [-0.25, -0.2) is 4.68 Å². The first kappa shape index (κ1) is 25.4. The van der Waals surface area contributed by atoms with E-state index in [-0.39, 0.29) is 11.9 Å². The number of benzene rings is 3. The summed E-state index contributed by atoms with van der Waals surface area (Å²) in [6.07, 6.45) is 4.13. The number of nitrogens with one attached hydrogen (secondary N) is 3. The Morgan fingerprint density at radius 3 is 2.54 bits per heavy atom. The normalized spacial score (nSPS) is 14.4. The molecule has 188 valence electrons. The van der Waals surface area contributed by atoms with Gasteiger partial charge in [0.05, 0.1) is 23.1 Å². The van der Waals surface area contributed by atoms with E-state index < -0.39 is 0 Å². The highest BCUT2D eigenvalue weighted by Gasteiger charge is 2.24. The van der Waals surface area contributed by atoms with Crippen molar-refractivity contribution in [2.24, 2.45) is 0 Å². The average Bonchev–Trinajstić information content (AvgIpc) is 3.27. The molecule has 0 aliphatic carbocycles. The van der Waals surface area contributed by atoms with Crippen LogP contribution in [0.5, 0.6) is 0 Å². The third-order valence-corrected chi connectivity index (χ3v) is 7.18. The first-order chi connectivity index (χ1) is 18.0. The van der Waals surface area contributed by atoms with Gasteiger partial charge in [-0.2, -0.15) is 5.10 Å². The van der Waals surface area contributed by atoms with E-state index in [0.29, 0.717) is 29.6 Å². The van der Waals surface area contributed by atoms with E-state index in [1.807, 2.05) is 59.3 Å². The maximum atomic E-state index is 12.4. The number of nitrogens with zero attached hydrogens (tertiary/aromatic N) is 2. The summed E-state index contributed by atoms with van der Waals surface area (Å²) in [6, 6.07) is 23.2. The molecule has 3 aromatic carbocycles. The minimum absolute atomic E-state index is 0.0481. The van der Waals surface area contributed by atoms with Gasteiger partial charge in [0.2, 0.25) is 5.91 Å². The van der Waals surface area contributed by atoms with Gasteiger partial charge in [0.1, 0.15) is 11.6 Å². The Bertz CT molecular complexity index is 1470. The zero-order valence-electron chi connectivity index (χ0n) is 19.7. The van der Waals surface area contributed by atoms with Crippen LogP contribution in [0, 0.1) is 0 Å². The van der Waals surface area contributed by atoms with E-state index in [9.17, 15) is 4.79 Å². The second-order valence-corrected chi connectivity index (χ2v) is 10.4. The second kappa shape index (κ2) is 11.4. The number of anilines is 1. The molecule has 0 bridgehead atoms. The number of carbonyl (C=O) groups excluding carboxylic acids is 1. The van der Waals surface area contributed by atoms with Crippen molar-refractivity contribution < 1.29 is 4.79 Å². The molecule has 0 spiro atoms. The van der Waals surface area contributed by atoms with Crippen LogP contribution in [0.1, 0.15) is 28.3 Å². The van der Waals surface area contributed by atoms with Gasteiger partial charge >= 0.3 is 0 Å². The van der Waals surface area contributed by atoms with Crippen LogP contribution in [0.25, 0.3) is 5.82 Å². The summed E-state index contributed by atoms with van der Waals surface area (Å²) in [7, 11) is 0. The summed E-state index contributed by atoms with van der Waals surface area (Å²) in [5.41, 5.74) is 3.98. The lowest BCUT2D eigenvalue weighted by Crippen LogP contribution is -2.26. The summed E-state index contributed by atoms with van der Waals surface area (Å²) < 4.78 is 2.70. The maximum absolute atomic E-state index is 12.4. The Labute approximate surface area is 233 Å². The van der Waals surface area contributed by atoms with Gasteiger partial charge in [0.15, 0.2) is 0 Å². The highest BCUT2D eigenvalue weighted by Crippen LogP contribution is 2.35.